The molecule has 12 heteroatoms. The highest BCUT2D eigenvalue weighted by Crippen LogP contribution is 2.42. The fourth-order valence-corrected chi connectivity index (χ4v) is 6.20. The van der Waals surface area contributed by atoms with Crippen LogP contribution in [0.4, 0.5) is 5.69 Å². The molecule has 10 nitrogen and oxygen atoms in total. The number of fused-ring (bicyclic) bond motifs is 4. The van der Waals surface area contributed by atoms with Gasteiger partial charge in [-0.1, -0.05) is 48.2 Å². The van der Waals surface area contributed by atoms with E-state index in [9.17, 15) is 18.0 Å². The number of nitrogens with one attached hydrogen (secondary N) is 1. The van der Waals surface area contributed by atoms with Crippen molar-refractivity contribution in [1.29, 1.82) is 5.41 Å². The molecule has 1 atom stereocenters. The molecule has 2 aliphatic rings. The van der Waals surface area contributed by atoms with E-state index in [-0.39, 0.29) is 17.0 Å². The number of thioether (sulfide) groups is 1. The number of amides is 2. The van der Waals surface area contributed by atoms with E-state index < -0.39 is 10.1 Å². The molecule has 0 saturated carbocycles. The summed E-state index contributed by atoms with van der Waals surface area (Å²) < 4.78 is 30.1. The Bertz CT molecular complexity index is 1810. The average molecular weight is 580 g/mol. The lowest BCUT2D eigenvalue weighted by Crippen LogP contribution is -2.32. The second-order valence-electron chi connectivity index (χ2n) is 9.94. The fourth-order valence-electron chi connectivity index (χ4n) is 5.51. The highest BCUT2D eigenvalue weighted by Gasteiger charge is 2.39. The van der Waals surface area contributed by atoms with E-state index >= 15 is 0 Å². The van der Waals surface area contributed by atoms with E-state index in [1.165, 1.54) is 22.7 Å². The number of para-hydroxylation sites is 2. The van der Waals surface area contributed by atoms with Gasteiger partial charge in [-0.25, -0.2) is 4.90 Å². The Morgan fingerprint density at radius 3 is 2.40 bits per heavy atom. The van der Waals surface area contributed by atoms with Gasteiger partial charge < -0.3 is 14.9 Å². The van der Waals surface area contributed by atoms with E-state index in [1.807, 2.05) is 66.3 Å². The van der Waals surface area contributed by atoms with Crippen LogP contribution in [0, 0.1) is 11.3 Å². The molecule has 0 bridgehead atoms. The zero-order valence-electron chi connectivity index (χ0n) is 22.0. The summed E-state index contributed by atoms with van der Waals surface area (Å²) in [4.78, 5) is 28.5. The maximum absolute atomic E-state index is 13.8. The van der Waals surface area contributed by atoms with E-state index in [4.69, 9.17) is 15.7 Å². The molecule has 4 heterocycles. The average Bonchev–Trinajstić information content (AvgIpc) is 3.50. The standard InChI is InChI=1S/C27H25N5O2S.CH4O3S/c1-30-14-20(17-6-2-4-8-21(17)30)19-12-24(33)32(26(19)34)25-18-7-3-5-9-22(18)31-13-16(10-11-23(25)31)15-35-27(28)29;1-5(2,3)4/h2-9,12,14,16H,10-11,13,15H2,1H3,(H3,28,29);1H3,(H,2,3,4). The number of rotatable bonds is 4. The number of carbonyl (C=O) groups excluding carboxylic acids is 2. The first-order valence-electron chi connectivity index (χ1n) is 12.6. The van der Waals surface area contributed by atoms with Gasteiger partial charge in [0.25, 0.3) is 21.9 Å². The highest BCUT2D eigenvalue weighted by atomic mass is 32.2. The number of nitrogens with zero attached hydrogens (tertiary/aromatic N) is 3. The van der Waals surface area contributed by atoms with Crippen LogP contribution < -0.4 is 10.6 Å². The molecule has 0 saturated heterocycles. The molecule has 6 rings (SSSR count). The number of benzene rings is 2. The first-order valence-corrected chi connectivity index (χ1v) is 15.4. The Morgan fingerprint density at radius 2 is 1.73 bits per heavy atom. The summed E-state index contributed by atoms with van der Waals surface area (Å²) in [5, 5.41) is 9.54. The Labute approximate surface area is 235 Å². The number of aryl methyl sites for hydroxylation is 1. The predicted octanol–water partition coefficient (Wildman–Crippen LogP) is 3.78. The molecule has 0 fully saturated rings. The lowest BCUT2D eigenvalue weighted by atomic mass is 9.99. The largest absolute Gasteiger partial charge is 0.379 e. The van der Waals surface area contributed by atoms with Crippen LogP contribution >= 0.6 is 11.8 Å². The van der Waals surface area contributed by atoms with Crippen LogP contribution in [0.25, 0.3) is 27.4 Å². The van der Waals surface area contributed by atoms with Crippen molar-refractivity contribution in [3.63, 3.8) is 0 Å². The van der Waals surface area contributed by atoms with Crippen molar-refractivity contribution < 1.29 is 22.6 Å². The molecule has 208 valence electrons. The number of hydrogen-bond acceptors (Lipinski definition) is 6. The van der Waals surface area contributed by atoms with Gasteiger partial charge in [-0.05, 0) is 30.9 Å². The van der Waals surface area contributed by atoms with Gasteiger partial charge in [-0.2, -0.15) is 8.42 Å². The summed E-state index contributed by atoms with van der Waals surface area (Å²) in [5.74, 6) is 0.575. The Kier molecular flexibility index (Phi) is 7.34. The highest BCUT2D eigenvalue weighted by molar-refractivity contribution is 8.13. The number of anilines is 1. The predicted molar refractivity (Wildman–Crippen MR) is 159 cm³/mol. The smallest absolute Gasteiger partial charge is 0.266 e. The summed E-state index contributed by atoms with van der Waals surface area (Å²) in [6.45, 7) is 0.774. The molecule has 0 aliphatic carbocycles. The van der Waals surface area contributed by atoms with Crippen molar-refractivity contribution in [2.24, 2.45) is 18.7 Å². The van der Waals surface area contributed by atoms with Gasteiger partial charge in [-0.15, -0.1) is 0 Å². The Balaban J connectivity index is 0.000000595. The minimum Gasteiger partial charge on any atom is -0.379 e. The van der Waals surface area contributed by atoms with E-state index in [0.717, 1.165) is 58.2 Å². The van der Waals surface area contributed by atoms with Crippen LogP contribution in [0.5, 0.6) is 0 Å². The van der Waals surface area contributed by atoms with Gasteiger partial charge in [0.1, 0.15) is 0 Å². The zero-order valence-corrected chi connectivity index (χ0v) is 23.6. The lowest BCUT2D eigenvalue weighted by Gasteiger charge is -2.26. The van der Waals surface area contributed by atoms with Crippen molar-refractivity contribution in [1.82, 2.24) is 9.13 Å². The zero-order chi connectivity index (χ0) is 28.8. The molecule has 1 unspecified atom stereocenters. The third-order valence-electron chi connectivity index (χ3n) is 7.09. The van der Waals surface area contributed by atoms with Crippen LogP contribution in [-0.4, -0.2) is 51.1 Å². The van der Waals surface area contributed by atoms with Crippen molar-refractivity contribution >= 4 is 71.9 Å². The second-order valence-corrected chi connectivity index (χ2v) is 12.5. The third-order valence-corrected chi connectivity index (χ3v) is 8.04. The number of amidine groups is 1. The van der Waals surface area contributed by atoms with Gasteiger partial charge in [0, 0.05) is 59.2 Å². The Hall–Kier alpha value is -3.87. The van der Waals surface area contributed by atoms with Crippen molar-refractivity contribution in [3.05, 3.63) is 72.1 Å². The normalized spacial score (nSPS) is 17.1. The van der Waals surface area contributed by atoms with Crippen molar-refractivity contribution in [3.8, 4) is 0 Å². The van der Waals surface area contributed by atoms with Crippen molar-refractivity contribution in [2.45, 2.75) is 19.4 Å². The van der Waals surface area contributed by atoms with E-state index in [2.05, 4.69) is 4.57 Å². The van der Waals surface area contributed by atoms with Gasteiger partial charge in [0.05, 0.1) is 23.0 Å². The monoisotopic (exact) mass is 579 g/mol. The summed E-state index contributed by atoms with van der Waals surface area (Å²) in [7, 11) is -1.72. The van der Waals surface area contributed by atoms with Crippen LogP contribution in [0.15, 0.2) is 60.8 Å². The van der Waals surface area contributed by atoms with Crippen LogP contribution in [0.1, 0.15) is 17.7 Å². The molecule has 4 aromatic rings. The van der Waals surface area contributed by atoms with Crippen LogP contribution in [0.2, 0.25) is 0 Å². The summed E-state index contributed by atoms with van der Waals surface area (Å²) >= 11 is 1.37. The number of nitrogens with two attached hydrogens (primary N) is 1. The maximum Gasteiger partial charge on any atom is 0.266 e. The molecule has 2 amide bonds. The quantitative estimate of drug-likeness (QED) is 0.144. The van der Waals surface area contributed by atoms with Gasteiger partial charge in [0.2, 0.25) is 0 Å². The third kappa shape index (κ3) is 5.29. The molecular formula is C28H29N5O5S2. The molecule has 2 aliphatic heterocycles. The molecule has 0 spiro atoms. The molecular weight excluding hydrogens is 550 g/mol. The first-order chi connectivity index (χ1) is 18.9. The minimum absolute atomic E-state index is 0.133. The van der Waals surface area contributed by atoms with Crippen LogP contribution in [-0.2, 0) is 39.7 Å². The summed E-state index contributed by atoms with van der Waals surface area (Å²) in [6.07, 6.45) is 5.80. The molecule has 0 radical (unpaired) electrons. The molecule has 4 N–H and O–H groups in total. The van der Waals surface area contributed by atoms with Crippen LogP contribution in [0.3, 0.4) is 0 Å². The van der Waals surface area contributed by atoms with E-state index in [1.54, 1.807) is 0 Å². The van der Waals surface area contributed by atoms with Gasteiger partial charge in [0.15, 0.2) is 5.17 Å². The molecule has 2 aromatic carbocycles. The first kappa shape index (κ1) is 27.7. The second kappa shape index (κ2) is 10.6. The lowest BCUT2D eigenvalue weighted by molar-refractivity contribution is -0.119. The van der Waals surface area contributed by atoms with E-state index in [0.29, 0.717) is 23.4 Å². The number of carbonyl (C=O) groups is 2. The van der Waals surface area contributed by atoms with Gasteiger partial charge in [-0.3, -0.25) is 19.6 Å². The SMILES string of the molecule is CS(=O)(=O)O.Cn1cc(C2=CC(=O)N(c3c4n(c5ccccc35)CC(CSC(=N)N)CC4)C2=O)c2ccccc21. The molecule has 2 aromatic heterocycles. The minimum atomic E-state index is -3.67. The fraction of sp³-hybridized carbons (Fsp3) is 0.250. The summed E-state index contributed by atoms with van der Waals surface area (Å²) in [5.41, 5.74) is 10.5. The van der Waals surface area contributed by atoms with Gasteiger partial charge >= 0.3 is 0 Å². The number of hydrogen-bond donors (Lipinski definition) is 3. The Morgan fingerprint density at radius 1 is 1.10 bits per heavy atom. The molecule has 40 heavy (non-hydrogen) atoms. The number of aromatic nitrogens is 2. The van der Waals surface area contributed by atoms with Crippen molar-refractivity contribution in [2.75, 3.05) is 16.9 Å². The topological polar surface area (TPSA) is 151 Å². The summed E-state index contributed by atoms with van der Waals surface area (Å²) in [6, 6.07) is 15.9. The number of imide groups is 1. The maximum atomic E-state index is 13.8.